The Morgan fingerprint density at radius 2 is 2.29 bits per heavy atom. The maximum atomic E-state index is 6.34. The molecular formula is C18H20ClN3S2. The minimum Gasteiger partial charge on any atom is -0.379 e. The number of aromatic nitrogens is 1. The maximum absolute atomic E-state index is 6.34. The number of nitrogens with two attached hydrogens (primary N) is 1. The van der Waals surface area contributed by atoms with Crippen molar-refractivity contribution in [2.45, 2.75) is 44.7 Å². The number of anilines is 1. The molecule has 0 aromatic carbocycles. The van der Waals surface area contributed by atoms with Gasteiger partial charge in [-0.05, 0) is 36.8 Å². The average Bonchev–Trinajstić information content (AvgIpc) is 3.27. The Bertz CT molecular complexity index is 857. The molecule has 1 aliphatic rings. The Morgan fingerprint density at radius 1 is 1.42 bits per heavy atom. The van der Waals surface area contributed by atoms with Crippen molar-refractivity contribution in [2.24, 2.45) is 5.73 Å². The Kier molecular flexibility index (Phi) is 4.52. The minimum absolute atomic E-state index is 0.273. The number of rotatable bonds is 4. The standard InChI is InChI=1S/C18H20ClN3S2/c1-10-16-18(24-17(10)12-5-2-6-13(12)20)14(8-15(19)22-16)21-9-11-4-3-7-23-11/h3-4,7-8,12-13H,2,5-6,9,20H2,1H3,(H,21,22)/t12-,13-/m1/s1. The monoisotopic (exact) mass is 377 g/mol. The van der Waals surface area contributed by atoms with Crippen LogP contribution in [0.2, 0.25) is 5.15 Å². The van der Waals surface area contributed by atoms with E-state index in [0.717, 1.165) is 24.2 Å². The number of halogens is 1. The van der Waals surface area contributed by atoms with E-state index >= 15 is 0 Å². The van der Waals surface area contributed by atoms with Gasteiger partial charge in [-0.15, -0.1) is 22.7 Å². The summed E-state index contributed by atoms with van der Waals surface area (Å²) >= 11 is 9.88. The van der Waals surface area contributed by atoms with E-state index in [4.69, 9.17) is 17.3 Å². The van der Waals surface area contributed by atoms with Crippen molar-refractivity contribution in [3.63, 3.8) is 0 Å². The Hall–Kier alpha value is -1.14. The van der Waals surface area contributed by atoms with Crippen molar-refractivity contribution in [2.75, 3.05) is 5.32 Å². The van der Waals surface area contributed by atoms with Gasteiger partial charge in [-0.25, -0.2) is 4.98 Å². The molecule has 0 unspecified atom stereocenters. The summed E-state index contributed by atoms with van der Waals surface area (Å²) in [7, 11) is 0. The van der Waals surface area contributed by atoms with Gasteiger partial charge < -0.3 is 11.1 Å². The quantitative estimate of drug-likeness (QED) is 0.588. The average molecular weight is 378 g/mol. The fraction of sp³-hybridized carbons (Fsp3) is 0.389. The third-order valence-electron chi connectivity index (χ3n) is 4.82. The molecular weight excluding hydrogens is 358 g/mol. The van der Waals surface area contributed by atoms with Gasteiger partial charge in [0, 0.05) is 34.3 Å². The SMILES string of the molecule is Cc1c([C@@H]2CCC[C@H]2N)sc2c(NCc3cccs3)cc(Cl)nc12. The summed E-state index contributed by atoms with van der Waals surface area (Å²) in [5, 5.41) is 6.18. The molecule has 3 N–H and O–H groups in total. The number of nitrogens with zero attached hydrogens (tertiary/aromatic N) is 1. The number of aryl methyl sites for hydroxylation is 1. The van der Waals surface area contributed by atoms with Crippen molar-refractivity contribution >= 4 is 50.2 Å². The molecule has 3 nitrogen and oxygen atoms in total. The van der Waals surface area contributed by atoms with E-state index in [-0.39, 0.29) is 6.04 Å². The minimum atomic E-state index is 0.273. The number of nitrogens with one attached hydrogen (secondary N) is 1. The molecule has 0 bridgehead atoms. The molecule has 3 heterocycles. The summed E-state index contributed by atoms with van der Waals surface area (Å²) in [5.74, 6) is 0.466. The highest BCUT2D eigenvalue weighted by Crippen LogP contribution is 2.44. The van der Waals surface area contributed by atoms with Crippen LogP contribution in [0.5, 0.6) is 0 Å². The lowest BCUT2D eigenvalue weighted by Gasteiger charge is -2.14. The molecule has 3 aromatic heterocycles. The predicted octanol–water partition coefficient (Wildman–Crippen LogP) is 5.53. The van der Waals surface area contributed by atoms with E-state index in [2.05, 4.69) is 34.7 Å². The number of pyridine rings is 1. The molecule has 3 aromatic rings. The van der Waals surface area contributed by atoms with E-state index in [1.807, 2.05) is 17.4 Å². The van der Waals surface area contributed by atoms with E-state index < -0.39 is 0 Å². The predicted molar refractivity (Wildman–Crippen MR) is 106 cm³/mol. The lowest BCUT2D eigenvalue weighted by Crippen LogP contribution is -2.22. The highest BCUT2D eigenvalue weighted by molar-refractivity contribution is 7.20. The van der Waals surface area contributed by atoms with Crippen LogP contribution in [0.4, 0.5) is 5.69 Å². The highest BCUT2D eigenvalue weighted by atomic mass is 35.5. The van der Waals surface area contributed by atoms with Crippen LogP contribution in [0.3, 0.4) is 0 Å². The Balaban J connectivity index is 1.73. The zero-order chi connectivity index (χ0) is 16.7. The molecule has 1 fully saturated rings. The fourth-order valence-corrected chi connectivity index (χ4v) is 5.85. The Labute approximate surface area is 154 Å². The highest BCUT2D eigenvalue weighted by Gasteiger charge is 2.29. The number of fused-ring (bicyclic) bond motifs is 1. The van der Waals surface area contributed by atoms with E-state index in [1.165, 1.54) is 32.9 Å². The summed E-state index contributed by atoms with van der Waals surface area (Å²) < 4.78 is 1.20. The first-order valence-electron chi connectivity index (χ1n) is 8.25. The van der Waals surface area contributed by atoms with Crippen LogP contribution < -0.4 is 11.1 Å². The van der Waals surface area contributed by atoms with Crippen LogP contribution in [-0.4, -0.2) is 11.0 Å². The summed E-state index contributed by atoms with van der Waals surface area (Å²) in [6.07, 6.45) is 3.52. The number of hydrogen-bond donors (Lipinski definition) is 2. The van der Waals surface area contributed by atoms with E-state index in [1.54, 1.807) is 11.3 Å². The molecule has 2 atom stereocenters. The second-order valence-corrected chi connectivity index (χ2v) is 8.87. The summed E-state index contributed by atoms with van der Waals surface area (Å²) in [5.41, 5.74) is 9.68. The van der Waals surface area contributed by atoms with Crippen molar-refractivity contribution in [1.82, 2.24) is 4.98 Å². The van der Waals surface area contributed by atoms with Gasteiger partial charge in [0.1, 0.15) is 5.15 Å². The number of thiophene rings is 2. The van der Waals surface area contributed by atoms with Gasteiger partial charge in [0.05, 0.1) is 15.9 Å². The second kappa shape index (κ2) is 6.64. The molecule has 4 rings (SSSR count). The van der Waals surface area contributed by atoms with E-state index in [0.29, 0.717) is 11.1 Å². The summed E-state index contributed by atoms with van der Waals surface area (Å²) in [6, 6.07) is 6.42. The third-order valence-corrected chi connectivity index (χ3v) is 7.33. The van der Waals surface area contributed by atoms with Gasteiger partial charge in [0.25, 0.3) is 0 Å². The van der Waals surface area contributed by atoms with Gasteiger partial charge in [-0.3, -0.25) is 0 Å². The van der Waals surface area contributed by atoms with Crippen molar-refractivity contribution in [3.8, 4) is 0 Å². The molecule has 0 radical (unpaired) electrons. The Morgan fingerprint density at radius 3 is 3.00 bits per heavy atom. The molecule has 6 heteroatoms. The van der Waals surface area contributed by atoms with Gasteiger partial charge in [0.15, 0.2) is 0 Å². The van der Waals surface area contributed by atoms with E-state index in [9.17, 15) is 0 Å². The first-order valence-corrected chi connectivity index (χ1v) is 10.3. The maximum Gasteiger partial charge on any atom is 0.131 e. The van der Waals surface area contributed by atoms with Crippen LogP contribution in [0, 0.1) is 6.92 Å². The van der Waals surface area contributed by atoms with Crippen LogP contribution in [-0.2, 0) is 6.54 Å². The van der Waals surface area contributed by atoms with Crippen LogP contribution in [0.1, 0.15) is 40.5 Å². The first kappa shape index (κ1) is 16.3. The van der Waals surface area contributed by atoms with Crippen LogP contribution >= 0.6 is 34.3 Å². The normalized spacial score (nSPS) is 20.8. The zero-order valence-electron chi connectivity index (χ0n) is 13.5. The van der Waals surface area contributed by atoms with Crippen molar-refractivity contribution < 1.29 is 0 Å². The first-order chi connectivity index (χ1) is 11.6. The third kappa shape index (κ3) is 2.94. The molecule has 1 saturated carbocycles. The molecule has 0 spiro atoms. The second-order valence-electron chi connectivity index (χ2n) is 6.40. The van der Waals surface area contributed by atoms with Gasteiger partial charge >= 0.3 is 0 Å². The van der Waals surface area contributed by atoms with Crippen molar-refractivity contribution in [1.29, 1.82) is 0 Å². The molecule has 126 valence electrons. The van der Waals surface area contributed by atoms with Crippen molar-refractivity contribution in [3.05, 3.63) is 44.1 Å². The smallest absolute Gasteiger partial charge is 0.131 e. The summed E-state index contributed by atoms with van der Waals surface area (Å²) in [6.45, 7) is 2.97. The van der Waals surface area contributed by atoms with Gasteiger partial charge in [-0.1, -0.05) is 24.1 Å². The summed E-state index contributed by atoms with van der Waals surface area (Å²) in [4.78, 5) is 7.30. The lowest BCUT2D eigenvalue weighted by molar-refractivity contribution is 0.620. The van der Waals surface area contributed by atoms with Gasteiger partial charge in [-0.2, -0.15) is 0 Å². The zero-order valence-corrected chi connectivity index (χ0v) is 15.9. The largest absolute Gasteiger partial charge is 0.379 e. The van der Waals surface area contributed by atoms with Crippen LogP contribution in [0.25, 0.3) is 10.2 Å². The lowest BCUT2D eigenvalue weighted by atomic mass is 9.99. The van der Waals surface area contributed by atoms with Gasteiger partial charge in [0.2, 0.25) is 0 Å². The molecule has 24 heavy (non-hydrogen) atoms. The topological polar surface area (TPSA) is 50.9 Å². The molecule has 1 aliphatic carbocycles. The number of hydrogen-bond acceptors (Lipinski definition) is 5. The van der Waals surface area contributed by atoms with Crippen LogP contribution in [0.15, 0.2) is 23.6 Å². The molecule has 0 aliphatic heterocycles. The fourth-order valence-electron chi connectivity index (χ4n) is 3.56. The molecule has 0 saturated heterocycles. The molecule has 0 amide bonds.